The minimum absolute atomic E-state index is 0.590. The van der Waals surface area contributed by atoms with E-state index in [0.717, 1.165) is 22.4 Å². The molecule has 1 atom stereocenters. The molecular formula is C14H15NO. The largest absolute Gasteiger partial charge is 0.384 e. The fraction of sp³-hybridized carbons (Fsp3) is 0.214. The molecule has 0 bridgehead atoms. The smallest absolute Gasteiger partial charge is 0.106 e. The van der Waals surface area contributed by atoms with Crippen LogP contribution >= 0.6 is 0 Å². The number of aryl methyl sites for hydroxylation is 2. The van der Waals surface area contributed by atoms with Gasteiger partial charge in [0.2, 0.25) is 0 Å². The van der Waals surface area contributed by atoms with Gasteiger partial charge in [-0.25, -0.2) is 0 Å². The summed E-state index contributed by atoms with van der Waals surface area (Å²) in [6.07, 6.45) is 1.13. The Morgan fingerprint density at radius 1 is 1.06 bits per heavy atom. The number of aliphatic hydroxyl groups is 1. The van der Waals surface area contributed by atoms with E-state index >= 15 is 0 Å². The van der Waals surface area contributed by atoms with E-state index in [1.54, 1.807) is 6.20 Å². The van der Waals surface area contributed by atoms with Gasteiger partial charge >= 0.3 is 0 Å². The topological polar surface area (TPSA) is 33.1 Å². The Kier molecular flexibility index (Phi) is 3.02. The zero-order valence-electron chi connectivity index (χ0n) is 9.51. The molecule has 0 aliphatic carbocycles. The maximum Gasteiger partial charge on any atom is 0.106 e. The third-order valence-electron chi connectivity index (χ3n) is 2.61. The van der Waals surface area contributed by atoms with Crippen molar-refractivity contribution in [2.24, 2.45) is 0 Å². The maximum atomic E-state index is 10.2. The molecule has 0 fully saturated rings. The van der Waals surface area contributed by atoms with Crippen molar-refractivity contribution in [1.29, 1.82) is 0 Å². The van der Waals surface area contributed by atoms with Crippen molar-refractivity contribution >= 4 is 0 Å². The summed E-state index contributed by atoms with van der Waals surface area (Å²) in [6.45, 7) is 3.95. The fourth-order valence-electron chi connectivity index (χ4n) is 1.67. The summed E-state index contributed by atoms with van der Waals surface area (Å²) in [7, 11) is 0. The third-order valence-corrected chi connectivity index (χ3v) is 2.61. The molecule has 1 aromatic carbocycles. The summed E-state index contributed by atoms with van der Waals surface area (Å²) in [5, 5.41) is 10.2. The van der Waals surface area contributed by atoms with Gasteiger partial charge in [-0.1, -0.05) is 35.9 Å². The molecule has 0 aliphatic rings. The molecule has 2 rings (SSSR count). The minimum Gasteiger partial charge on any atom is -0.384 e. The van der Waals surface area contributed by atoms with Gasteiger partial charge in [0.25, 0.3) is 0 Å². The van der Waals surface area contributed by atoms with Crippen LogP contribution < -0.4 is 0 Å². The normalized spacial score (nSPS) is 12.4. The van der Waals surface area contributed by atoms with Gasteiger partial charge in [0.15, 0.2) is 0 Å². The van der Waals surface area contributed by atoms with Gasteiger partial charge in [-0.15, -0.1) is 0 Å². The summed E-state index contributed by atoms with van der Waals surface area (Å²) in [6, 6.07) is 11.7. The van der Waals surface area contributed by atoms with Crippen LogP contribution in [0.25, 0.3) is 0 Å². The summed E-state index contributed by atoms with van der Waals surface area (Å²) in [5.74, 6) is 0. The van der Waals surface area contributed by atoms with E-state index in [1.807, 2.05) is 50.2 Å². The highest BCUT2D eigenvalue weighted by Gasteiger charge is 2.10. The van der Waals surface area contributed by atoms with Crippen LogP contribution in [0.3, 0.4) is 0 Å². The zero-order valence-corrected chi connectivity index (χ0v) is 9.51. The number of rotatable bonds is 2. The Morgan fingerprint density at radius 2 is 1.88 bits per heavy atom. The van der Waals surface area contributed by atoms with Gasteiger partial charge in [0.1, 0.15) is 6.10 Å². The SMILES string of the molecule is Cc1cccc(C(O)c2ccc(C)nc2)c1. The van der Waals surface area contributed by atoms with Gasteiger partial charge in [0, 0.05) is 17.5 Å². The molecule has 82 valence electrons. The first-order valence-corrected chi connectivity index (χ1v) is 5.34. The van der Waals surface area contributed by atoms with Crippen LogP contribution in [0.15, 0.2) is 42.6 Å². The van der Waals surface area contributed by atoms with Crippen LogP contribution in [0.2, 0.25) is 0 Å². The van der Waals surface area contributed by atoms with Crippen LogP contribution in [0, 0.1) is 13.8 Å². The van der Waals surface area contributed by atoms with Gasteiger partial charge in [0.05, 0.1) is 0 Å². The molecule has 1 heterocycles. The quantitative estimate of drug-likeness (QED) is 0.832. The van der Waals surface area contributed by atoms with Crippen molar-refractivity contribution in [2.75, 3.05) is 0 Å². The highest BCUT2D eigenvalue weighted by atomic mass is 16.3. The summed E-state index contributed by atoms with van der Waals surface area (Å²) in [5.41, 5.74) is 3.85. The van der Waals surface area contributed by atoms with Crippen molar-refractivity contribution in [1.82, 2.24) is 4.98 Å². The second kappa shape index (κ2) is 4.45. The summed E-state index contributed by atoms with van der Waals surface area (Å²) in [4.78, 5) is 4.19. The highest BCUT2D eigenvalue weighted by molar-refractivity contribution is 5.31. The Labute approximate surface area is 95.6 Å². The maximum absolute atomic E-state index is 10.2. The molecule has 0 amide bonds. The van der Waals surface area contributed by atoms with Crippen LogP contribution in [0.5, 0.6) is 0 Å². The predicted octanol–water partition coefficient (Wildman–Crippen LogP) is 2.78. The van der Waals surface area contributed by atoms with Crippen molar-refractivity contribution in [3.63, 3.8) is 0 Å². The van der Waals surface area contributed by atoms with E-state index in [4.69, 9.17) is 0 Å². The van der Waals surface area contributed by atoms with Crippen LogP contribution in [-0.4, -0.2) is 10.1 Å². The standard InChI is InChI=1S/C14H15NO/c1-10-4-3-5-12(8-10)14(16)13-7-6-11(2)15-9-13/h3-9,14,16H,1-2H3. The van der Waals surface area contributed by atoms with Crippen LogP contribution in [0.4, 0.5) is 0 Å². The second-order valence-electron chi connectivity index (χ2n) is 4.05. The van der Waals surface area contributed by atoms with E-state index < -0.39 is 6.10 Å². The number of pyridine rings is 1. The number of aliphatic hydroxyl groups excluding tert-OH is 1. The van der Waals surface area contributed by atoms with Crippen molar-refractivity contribution in [3.05, 3.63) is 65.0 Å². The molecule has 2 heteroatoms. The van der Waals surface area contributed by atoms with E-state index in [1.165, 1.54) is 0 Å². The molecule has 16 heavy (non-hydrogen) atoms. The first kappa shape index (κ1) is 10.8. The van der Waals surface area contributed by atoms with Crippen molar-refractivity contribution < 1.29 is 5.11 Å². The van der Waals surface area contributed by atoms with E-state index in [-0.39, 0.29) is 0 Å². The Hall–Kier alpha value is -1.67. The lowest BCUT2D eigenvalue weighted by Crippen LogP contribution is -2.00. The lowest BCUT2D eigenvalue weighted by atomic mass is 10.0. The van der Waals surface area contributed by atoms with Crippen LogP contribution in [-0.2, 0) is 0 Å². The average Bonchev–Trinajstić information content (AvgIpc) is 2.29. The Bertz CT molecular complexity index is 476. The molecule has 0 aliphatic heterocycles. The first-order valence-electron chi connectivity index (χ1n) is 5.34. The molecule has 1 N–H and O–H groups in total. The summed E-state index contributed by atoms with van der Waals surface area (Å²) >= 11 is 0. The number of benzene rings is 1. The molecule has 2 nitrogen and oxygen atoms in total. The second-order valence-corrected chi connectivity index (χ2v) is 4.05. The molecule has 0 radical (unpaired) electrons. The van der Waals surface area contributed by atoms with Crippen molar-refractivity contribution in [2.45, 2.75) is 20.0 Å². The number of hydrogen-bond donors (Lipinski definition) is 1. The minimum atomic E-state index is -0.590. The molecule has 0 saturated heterocycles. The number of aromatic nitrogens is 1. The van der Waals surface area contributed by atoms with Crippen LogP contribution in [0.1, 0.15) is 28.5 Å². The lowest BCUT2D eigenvalue weighted by molar-refractivity contribution is 0.220. The molecule has 0 spiro atoms. The van der Waals surface area contributed by atoms with E-state index in [0.29, 0.717) is 0 Å². The Balaban J connectivity index is 2.31. The Morgan fingerprint density at radius 3 is 2.50 bits per heavy atom. The third kappa shape index (κ3) is 2.28. The molecule has 0 saturated carbocycles. The summed E-state index contributed by atoms with van der Waals surface area (Å²) < 4.78 is 0. The number of nitrogens with zero attached hydrogens (tertiary/aromatic N) is 1. The van der Waals surface area contributed by atoms with Gasteiger partial charge in [-0.3, -0.25) is 4.98 Å². The molecular weight excluding hydrogens is 198 g/mol. The first-order chi connectivity index (χ1) is 7.66. The molecule has 2 aromatic rings. The predicted molar refractivity (Wildman–Crippen MR) is 64.2 cm³/mol. The van der Waals surface area contributed by atoms with E-state index in [2.05, 4.69) is 4.98 Å². The average molecular weight is 213 g/mol. The molecule has 1 unspecified atom stereocenters. The number of hydrogen-bond acceptors (Lipinski definition) is 2. The van der Waals surface area contributed by atoms with Gasteiger partial charge in [-0.2, -0.15) is 0 Å². The van der Waals surface area contributed by atoms with E-state index in [9.17, 15) is 5.11 Å². The van der Waals surface area contributed by atoms with Gasteiger partial charge < -0.3 is 5.11 Å². The highest BCUT2D eigenvalue weighted by Crippen LogP contribution is 2.21. The monoisotopic (exact) mass is 213 g/mol. The molecule has 1 aromatic heterocycles. The fourth-order valence-corrected chi connectivity index (χ4v) is 1.67. The lowest BCUT2D eigenvalue weighted by Gasteiger charge is -2.11. The zero-order chi connectivity index (χ0) is 11.5. The van der Waals surface area contributed by atoms with Crippen molar-refractivity contribution in [3.8, 4) is 0 Å². The van der Waals surface area contributed by atoms with Gasteiger partial charge in [-0.05, 0) is 25.5 Å².